The Hall–Kier alpha value is -2.40. The summed E-state index contributed by atoms with van der Waals surface area (Å²) in [7, 11) is 4.00. The fourth-order valence-electron chi connectivity index (χ4n) is 3.17. The van der Waals surface area contributed by atoms with Crippen LogP contribution in [0.25, 0.3) is 0 Å². The van der Waals surface area contributed by atoms with E-state index in [1.165, 1.54) is 37.7 Å². The van der Waals surface area contributed by atoms with E-state index in [0.29, 0.717) is 5.92 Å². The van der Waals surface area contributed by atoms with Crippen molar-refractivity contribution >= 4 is 5.69 Å². The number of aryl methyl sites for hydroxylation is 1. The molecule has 1 saturated carbocycles. The largest absolute Gasteiger partial charge is 0.376 e. The average Bonchev–Trinajstić information content (AvgIpc) is 2.60. The van der Waals surface area contributed by atoms with Crippen LogP contribution in [0, 0.1) is 24.7 Å². The van der Waals surface area contributed by atoms with Crippen molar-refractivity contribution in [1.82, 2.24) is 4.90 Å². The standard InChI is InChI=1S/C23H30N2/c1-6-10-23(25(4)5)19(3)24-22-16-15-21(17-18(22)2)14-13-20-11-8-7-9-12-20/h6,10,15-17,20,24H,1,3,7-9,11-12H2,2,4-5H3/b23-10-. The van der Waals surface area contributed by atoms with E-state index in [2.05, 4.69) is 55.4 Å². The minimum atomic E-state index is 0.582. The van der Waals surface area contributed by atoms with Gasteiger partial charge in [0.15, 0.2) is 0 Å². The second kappa shape index (κ2) is 9.18. The monoisotopic (exact) mass is 334 g/mol. The molecule has 0 spiro atoms. The lowest BCUT2D eigenvalue weighted by Gasteiger charge is -2.21. The average molecular weight is 335 g/mol. The summed E-state index contributed by atoms with van der Waals surface area (Å²) in [5, 5.41) is 3.41. The molecule has 1 fully saturated rings. The van der Waals surface area contributed by atoms with Crippen LogP contribution in [-0.2, 0) is 0 Å². The third kappa shape index (κ3) is 5.57. The third-order valence-electron chi connectivity index (χ3n) is 4.60. The molecule has 2 nitrogen and oxygen atoms in total. The molecule has 0 radical (unpaired) electrons. The quantitative estimate of drug-likeness (QED) is 0.566. The Labute approximate surface area is 153 Å². The van der Waals surface area contributed by atoms with Crippen molar-refractivity contribution in [3.63, 3.8) is 0 Å². The van der Waals surface area contributed by atoms with Crippen LogP contribution in [0.15, 0.2) is 54.9 Å². The van der Waals surface area contributed by atoms with Gasteiger partial charge in [0.1, 0.15) is 0 Å². The maximum atomic E-state index is 4.15. The Kier molecular flexibility index (Phi) is 6.95. The number of hydrogen-bond donors (Lipinski definition) is 1. The first-order valence-electron chi connectivity index (χ1n) is 9.10. The molecule has 1 N–H and O–H groups in total. The predicted octanol–water partition coefficient (Wildman–Crippen LogP) is 5.48. The number of likely N-dealkylation sites (N-methyl/N-ethyl adjacent to an activating group) is 1. The highest BCUT2D eigenvalue weighted by atomic mass is 15.1. The van der Waals surface area contributed by atoms with Gasteiger partial charge < -0.3 is 10.2 Å². The van der Waals surface area contributed by atoms with Crippen molar-refractivity contribution in [2.24, 2.45) is 5.92 Å². The second-order valence-corrected chi connectivity index (χ2v) is 6.92. The van der Waals surface area contributed by atoms with Gasteiger partial charge in [-0.1, -0.05) is 50.3 Å². The number of nitrogens with zero attached hydrogens (tertiary/aromatic N) is 1. The van der Waals surface area contributed by atoms with Gasteiger partial charge in [0, 0.05) is 31.3 Å². The summed E-state index contributed by atoms with van der Waals surface area (Å²) in [5.74, 6) is 7.41. The minimum Gasteiger partial charge on any atom is -0.376 e. The Morgan fingerprint density at radius 3 is 2.56 bits per heavy atom. The summed E-state index contributed by atoms with van der Waals surface area (Å²) in [6.07, 6.45) is 10.3. The minimum absolute atomic E-state index is 0.582. The molecule has 0 unspecified atom stereocenters. The Morgan fingerprint density at radius 1 is 1.24 bits per heavy atom. The van der Waals surface area contributed by atoms with Crippen molar-refractivity contribution in [2.45, 2.75) is 39.0 Å². The van der Waals surface area contributed by atoms with Crippen LogP contribution in [0.3, 0.4) is 0 Å². The fourth-order valence-corrected chi connectivity index (χ4v) is 3.17. The lowest BCUT2D eigenvalue weighted by atomic mass is 9.89. The molecule has 0 heterocycles. The van der Waals surface area contributed by atoms with Crippen molar-refractivity contribution in [2.75, 3.05) is 19.4 Å². The van der Waals surface area contributed by atoms with E-state index in [-0.39, 0.29) is 0 Å². The fraction of sp³-hybridized carbons (Fsp3) is 0.391. The smallest absolute Gasteiger partial charge is 0.0593 e. The summed E-state index contributed by atoms with van der Waals surface area (Å²) in [6, 6.07) is 6.33. The maximum absolute atomic E-state index is 4.15. The van der Waals surface area contributed by atoms with Gasteiger partial charge in [0.25, 0.3) is 0 Å². The predicted molar refractivity (Wildman–Crippen MR) is 109 cm³/mol. The molecule has 0 bridgehead atoms. The molecule has 0 atom stereocenters. The van der Waals surface area contributed by atoms with E-state index in [1.54, 1.807) is 6.08 Å². The summed E-state index contributed by atoms with van der Waals surface area (Å²) in [4.78, 5) is 2.02. The van der Waals surface area contributed by atoms with Crippen molar-refractivity contribution in [3.8, 4) is 11.8 Å². The Balaban J connectivity index is 2.09. The van der Waals surface area contributed by atoms with Crippen LogP contribution >= 0.6 is 0 Å². The third-order valence-corrected chi connectivity index (χ3v) is 4.60. The van der Waals surface area contributed by atoms with E-state index in [4.69, 9.17) is 0 Å². The van der Waals surface area contributed by atoms with E-state index in [9.17, 15) is 0 Å². The molecule has 0 aliphatic heterocycles. The van der Waals surface area contributed by atoms with Crippen LogP contribution < -0.4 is 5.32 Å². The summed E-state index contributed by atoms with van der Waals surface area (Å²) in [5.41, 5.74) is 5.19. The van der Waals surface area contributed by atoms with Gasteiger partial charge >= 0.3 is 0 Å². The number of hydrogen-bond acceptors (Lipinski definition) is 2. The summed E-state index contributed by atoms with van der Waals surface area (Å²) < 4.78 is 0. The van der Waals surface area contributed by atoms with Crippen LogP contribution in [0.5, 0.6) is 0 Å². The Bertz CT molecular complexity index is 707. The van der Waals surface area contributed by atoms with E-state index in [0.717, 1.165) is 22.6 Å². The van der Waals surface area contributed by atoms with Gasteiger partial charge in [-0.15, -0.1) is 0 Å². The highest BCUT2D eigenvalue weighted by molar-refractivity contribution is 5.59. The van der Waals surface area contributed by atoms with Gasteiger partial charge in [-0.2, -0.15) is 0 Å². The van der Waals surface area contributed by atoms with E-state index >= 15 is 0 Å². The molecule has 0 saturated heterocycles. The molecule has 2 rings (SSSR count). The van der Waals surface area contributed by atoms with Crippen LogP contribution in [0.1, 0.15) is 43.2 Å². The lowest BCUT2D eigenvalue weighted by molar-refractivity contribution is 0.430. The molecule has 132 valence electrons. The molecule has 0 amide bonds. The van der Waals surface area contributed by atoms with Gasteiger partial charge in [-0.25, -0.2) is 0 Å². The van der Waals surface area contributed by atoms with Gasteiger partial charge in [-0.3, -0.25) is 0 Å². The second-order valence-electron chi connectivity index (χ2n) is 6.92. The molecule has 2 heteroatoms. The van der Waals surface area contributed by atoms with E-state index in [1.807, 2.05) is 25.1 Å². The van der Waals surface area contributed by atoms with Gasteiger partial charge in [0.05, 0.1) is 11.4 Å². The van der Waals surface area contributed by atoms with Crippen LogP contribution in [0.4, 0.5) is 5.69 Å². The first-order chi connectivity index (χ1) is 12.0. The summed E-state index contributed by atoms with van der Waals surface area (Å²) >= 11 is 0. The lowest BCUT2D eigenvalue weighted by Crippen LogP contribution is -2.16. The van der Waals surface area contributed by atoms with Crippen molar-refractivity contribution in [3.05, 3.63) is 66.0 Å². The molecule has 1 aliphatic carbocycles. The number of nitrogens with one attached hydrogen (secondary N) is 1. The van der Waals surface area contributed by atoms with Crippen LogP contribution in [-0.4, -0.2) is 19.0 Å². The topological polar surface area (TPSA) is 15.3 Å². The first-order valence-corrected chi connectivity index (χ1v) is 9.10. The number of anilines is 1. The SMILES string of the molecule is C=C/C=C(/C(=C)Nc1ccc(C#CC2CCCCC2)cc1C)N(C)C. The normalized spacial score (nSPS) is 15.1. The van der Waals surface area contributed by atoms with Crippen molar-refractivity contribution in [1.29, 1.82) is 0 Å². The van der Waals surface area contributed by atoms with Crippen molar-refractivity contribution < 1.29 is 0 Å². The molecular weight excluding hydrogens is 304 g/mol. The van der Waals surface area contributed by atoms with Gasteiger partial charge in [-0.05, 0) is 49.6 Å². The van der Waals surface area contributed by atoms with E-state index < -0.39 is 0 Å². The first kappa shape index (κ1) is 18.9. The molecule has 1 aromatic carbocycles. The number of rotatable bonds is 5. The van der Waals surface area contributed by atoms with Crippen LogP contribution in [0.2, 0.25) is 0 Å². The highest BCUT2D eigenvalue weighted by Crippen LogP contribution is 2.24. The zero-order chi connectivity index (χ0) is 18.2. The number of allylic oxidation sites excluding steroid dienone is 2. The van der Waals surface area contributed by atoms with Gasteiger partial charge in [0.2, 0.25) is 0 Å². The molecule has 1 aliphatic rings. The Morgan fingerprint density at radius 2 is 1.96 bits per heavy atom. The number of benzene rings is 1. The zero-order valence-corrected chi connectivity index (χ0v) is 15.9. The molecule has 1 aromatic rings. The molecular formula is C23H30N2. The zero-order valence-electron chi connectivity index (χ0n) is 15.9. The molecule has 0 aromatic heterocycles. The highest BCUT2D eigenvalue weighted by Gasteiger charge is 2.10. The maximum Gasteiger partial charge on any atom is 0.0593 e. The summed E-state index contributed by atoms with van der Waals surface area (Å²) in [6.45, 7) is 10.0. The molecule has 25 heavy (non-hydrogen) atoms.